The number of carbonyl (C=O) groups is 4. The van der Waals surface area contributed by atoms with Crippen molar-refractivity contribution in [3.63, 3.8) is 0 Å². The molecule has 8 heteroatoms. The van der Waals surface area contributed by atoms with E-state index in [1.165, 1.54) is 16.8 Å². The summed E-state index contributed by atoms with van der Waals surface area (Å²) in [5.41, 5.74) is -0.788. The molecular weight excluding hydrogens is 386 g/mol. The molecule has 3 amide bonds. The van der Waals surface area contributed by atoms with Crippen LogP contribution in [0.15, 0.2) is 24.3 Å². The Morgan fingerprint density at radius 2 is 1.93 bits per heavy atom. The van der Waals surface area contributed by atoms with Gasteiger partial charge < -0.3 is 15.0 Å². The summed E-state index contributed by atoms with van der Waals surface area (Å²) >= 11 is 0. The van der Waals surface area contributed by atoms with Gasteiger partial charge in [0.05, 0.1) is 11.3 Å². The average Bonchev–Trinajstić information content (AvgIpc) is 3.10. The molecule has 1 aromatic rings. The highest BCUT2D eigenvalue weighted by Gasteiger charge is 2.60. The molecular formula is C22H27N3O5. The maximum atomic E-state index is 13.2. The normalized spacial score (nSPS) is 28.1. The molecule has 3 atom stereocenters. The monoisotopic (exact) mass is 413 g/mol. The van der Waals surface area contributed by atoms with Gasteiger partial charge in [-0.1, -0.05) is 31.9 Å². The second-order valence-electron chi connectivity index (χ2n) is 8.44. The van der Waals surface area contributed by atoms with Crippen molar-refractivity contribution in [2.45, 2.75) is 57.2 Å². The molecule has 1 N–H and O–H groups in total. The van der Waals surface area contributed by atoms with Gasteiger partial charge in [0.15, 0.2) is 6.61 Å². The lowest BCUT2D eigenvalue weighted by atomic mass is 9.86. The zero-order valence-electron chi connectivity index (χ0n) is 17.3. The Hall–Kier alpha value is -2.90. The molecule has 3 aliphatic rings. The Labute approximate surface area is 175 Å². The molecule has 0 bridgehead atoms. The van der Waals surface area contributed by atoms with Crippen molar-refractivity contribution in [3.8, 4) is 0 Å². The second kappa shape index (κ2) is 7.74. The maximum absolute atomic E-state index is 13.2. The number of likely N-dealkylation sites (N-methyl/N-ethyl adjacent to an activating group) is 1. The Morgan fingerprint density at radius 1 is 1.20 bits per heavy atom. The minimum atomic E-state index is -1.55. The number of para-hydroxylation sites is 1. The van der Waals surface area contributed by atoms with Crippen LogP contribution >= 0.6 is 0 Å². The van der Waals surface area contributed by atoms with E-state index in [9.17, 15) is 19.2 Å². The van der Waals surface area contributed by atoms with E-state index in [0.717, 1.165) is 25.7 Å². The zero-order chi connectivity index (χ0) is 21.5. The number of amides is 3. The summed E-state index contributed by atoms with van der Waals surface area (Å²) in [6, 6.07) is 6.81. The molecule has 1 aliphatic carbocycles. The third-order valence-electron chi connectivity index (χ3n) is 6.66. The molecule has 1 saturated carbocycles. The smallest absolute Gasteiger partial charge is 0.354 e. The molecule has 160 valence electrons. The Morgan fingerprint density at radius 3 is 2.70 bits per heavy atom. The zero-order valence-corrected chi connectivity index (χ0v) is 17.3. The molecule has 2 heterocycles. The highest BCUT2D eigenvalue weighted by molar-refractivity contribution is 6.15. The van der Waals surface area contributed by atoms with Crippen LogP contribution in [-0.4, -0.2) is 54.0 Å². The standard InChI is InChI=1S/C22H27N3O5/c1-14-7-3-5-9-16(14)23-18(26)13-30-21(29)22-12-11-19(27)25(22)17-10-6-4-8-15(17)20(28)24(22)2/h4,6,8,10,14,16H,3,5,7,9,11-13H2,1-2H3,(H,23,26)/t14-,16-,22-/m1/s1. The highest BCUT2D eigenvalue weighted by atomic mass is 16.5. The van der Waals surface area contributed by atoms with Gasteiger partial charge in [-0.15, -0.1) is 0 Å². The molecule has 1 aromatic carbocycles. The third kappa shape index (κ3) is 3.14. The van der Waals surface area contributed by atoms with Gasteiger partial charge in [-0.2, -0.15) is 0 Å². The first-order valence-electron chi connectivity index (χ1n) is 10.5. The predicted octanol–water partition coefficient (Wildman–Crippen LogP) is 1.83. The van der Waals surface area contributed by atoms with Crippen molar-refractivity contribution in [1.29, 1.82) is 0 Å². The average molecular weight is 413 g/mol. The molecule has 4 rings (SSSR count). The molecule has 2 fully saturated rings. The van der Waals surface area contributed by atoms with Gasteiger partial charge in [0.2, 0.25) is 11.6 Å². The number of carbonyl (C=O) groups excluding carboxylic acids is 4. The number of nitrogens with one attached hydrogen (secondary N) is 1. The van der Waals surface area contributed by atoms with Crippen molar-refractivity contribution in [1.82, 2.24) is 10.2 Å². The number of anilines is 1. The van der Waals surface area contributed by atoms with Crippen LogP contribution in [0.3, 0.4) is 0 Å². The first kappa shape index (κ1) is 20.4. The van der Waals surface area contributed by atoms with Gasteiger partial charge >= 0.3 is 5.97 Å². The Bertz CT molecular complexity index is 901. The van der Waals surface area contributed by atoms with E-state index >= 15 is 0 Å². The topological polar surface area (TPSA) is 96.0 Å². The summed E-state index contributed by atoms with van der Waals surface area (Å²) < 4.78 is 5.37. The van der Waals surface area contributed by atoms with Crippen LogP contribution in [0.1, 0.15) is 55.8 Å². The number of ether oxygens (including phenoxy) is 1. The van der Waals surface area contributed by atoms with Crippen LogP contribution in [0, 0.1) is 5.92 Å². The number of rotatable bonds is 4. The maximum Gasteiger partial charge on any atom is 0.354 e. The Balaban J connectivity index is 1.52. The molecule has 2 aliphatic heterocycles. The van der Waals surface area contributed by atoms with Crippen LogP contribution in [0.25, 0.3) is 0 Å². The minimum absolute atomic E-state index is 0.0819. The molecule has 0 radical (unpaired) electrons. The van der Waals surface area contributed by atoms with Crippen LogP contribution in [0.4, 0.5) is 5.69 Å². The number of fused-ring (bicyclic) bond motifs is 3. The van der Waals surface area contributed by atoms with E-state index in [-0.39, 0.29) is 36.6 Å². The lowest BCUT2D eigenvalue weighted by Gasteiger charge is -2.46. The number of esters is 1. The van der Waals surface area contributed by atoms with E-state index in [4.69, 9.17) is 4.74 Å². The van der Waals surface area contributed by atoms with Gasteiger partial charge in [-0.25, -0.2) is 4.79 Å². The number of hydrogen-bond acceptors (Lipinski definition) is 5. The highest BCUT2D eigenvalue weighted by Crippen LogP contribution is 2.44. The van der Waals surface area contributed by atoms with Crippen LogP contribution in [0.5, 0.6) is 0 Å². The summed E-state index contributed by atoms with van der Waals surface area (Å²) in [4.78, 5) is 53.8. The van der Waals surface area contributed by atoms with Crippen molar-refractivity contribution in [2.24, 2.45) is 5.92 Å². The fourth-order valence-electron chi connectivity index (χ4n) is 4.92. The lowest BCUT2D eigenvalue weighted by molar-refractivity contribution is -0.159. The fourth-order valence-corrected chi connectivity index (χ4v) is 4.92. The van der Waals surface area contributed by atoms with E-state index in [1.807, 2.05) is 0 Å². The number of nitrogens with zero attached hydrogens (tertiary/aromatic N) is 2. The molecule has 0 aromatic heterocycles. The largest absolute Gasteiger partial charge is 0.452 e. The van der Waals surface area contributed by atoms with Gasteiger partial charge in [-0.3, -0.25) is 19.3 Å². The summed E-state index contributed by atoms with van der Waals surface area (Å²) in [5.74, 6) is -1.34. The van der Waals surface area contributed by atoms with E-state index in [0.29, 0.717) is 17.2 Å². The SMILES string of the molecule is C[C@@H]1CCCC[C@H]1NC(=O)COC(=O)[C@@]12CCC(=O)N1c1ccccc1C(=O)N2C. The number of hydrogen-bond donors (Lipinski definition) is 1. The van der Waals surface area contributed by atoms with Gasteiger partial charge in [0, 0.05) is 25.9 Å². The summed E-state index contributed by atoms with van der Waals surface area (Å²) in [6.07, 6.45) is 4.46. The fraction of sp³-hybridized carbons (Fsp3) is 0.545. The molecule has 30 heavy (non-hydrogen) atoms. The summed E-state index contributed by atoms with van der Waals surface area (Å²) in [6.45, 7) is 1.67. The Kier molecular flexibility index (Phi) is 5.26. The molecule has 0 unspecified atom stereocenters. The van der Waals surface area contributed by atoms with Gasteiger partial charge in [-0.05, 0) is 30.9 Å². The van der Waals surface area contributed by atoms with Crippen LogP contribution < -0.4 is 10.2 Å². The van der Waals surface area contributed by atoms with E-state index in [2.05, 4.69) is 12.2 Å². The van der Waals surface area contributed by atoms with Crippen molar-refractivity contribution >= 4 is 29.4 Å². The quantitative estimate of drug-likeness (QED) is 0.760. The first-order valence-corrected chi connectivity index (χ1v) is 10.5. The predicted molar refractivity (Wildman–Crippen MR) is 109 cm³/mol. The van der Waals surface area contributed by atoms with Gasteiger partial charge in [0.1, 0.15) is 0 Å². The third-order valence-corrected chi connectivity index (χ3v) is 6.66. The molecule has 8 nitrogen and oxygen atoms in total. The summed E-state index contributed by atoms with van der Waals surface area (Å²) in [5, 5.41) is 2.95. The molecule has 1 saturated heterocycles. The van der Waals surface area contributed by atoms with E-state index < -0.39 is 18.2 Å². The van der Waals surface area contributed by atoms with E-state index in [1.54, 1.807) is 24.3 Å². The molecule has 0 spiro atoms. The second-order valence-corrected chi connectivity index (χ2v) is 8.44. The van der Waals surface area contributed by atoms with Gasteiger partial charge in [0.25, 0.3) is 11.8 Å². The number of benzene rings is 1. The lowest BCUT2D eigenvalue weighted by Crippen LogP contribution is -2.67. The summed E-state index contributed by atoms with van der Waals surface area (Å²) in [7, 11) is 1.49. The van der Waals surface area contributed by atoms with Crippen molar-refractivity contribution in [2.75, 3.05) is 18.6 Å². The van der Waals surface area contributed by atoms with Crippen molar-refractivity contribution in [3.05, 3.63) is 29.8 Å². The first-order chi connectivity index (χ1) is 14.4. The van der Waals surface area contributed by atoms with Crippen LogP contribution in [0.2, 0.25) is 0 Å². The van der Waals surface area contributed by atoms with Crippen molar-refractivity contribution < 1.29 is 23.9 Å². The minimum Gasteiger partial charge on any atom is -0.452 e. The van der Waals surface area contributed by atoms with Crippen LogP contribution in [-0.2, 0) is 19.1 Å².